The quantitative estimate of drug-likeness (QED) is 0.393. The van der Waals surface area contributed by atoms with Crippen LogP contribution in [0.1, 0.15) is 36.7 Å². The summed E-state index contributed by atoms with van der Waals surface area (Å²) in [6.07, 6.45) is 6.27. The molecule has 1 N–H and O–H groups in total. The highest BCUT2D eigenvalue weighted by Gasteiger charge is 2.34. The second-order valence-electron chi connectivity index (χ2n) is 9.49. The predicted molar refractivity (Wildman–Crippen MR) is 141 cm³/mol. The Morgan fingerprint density at radius 1 is 1.11 bits per heavy atom. The van der Waals surface area contributed by atoms with Crippen molar-refractivity contribution in [3.63, 3.8) is 0 Å². The summed E-state index contributed by atoms with van der Waals surface area (Å²) in [6.45, 7) is 7.68. The highest BCUT2D eigenvalue weighted by molar-refractivity contribution is 6.32. The number of likely N-dealkylation sites (tertiary alicyclic amines) is 1. The van der Waals surface area contributed by atoms with E-state index in [4.69, 9.17) is 25.8 Å². The zero-order valence-electron chi connectivity index (χ0n) is 21.4. The van der Waals surface area contributed by atoms with E-state index in [0.717, 1.165) is 48.6 Å². The lowest BCUT2D eigenvalue weighted by Gasteiger charge is -2.39. The highest BCUT2D eigenvalue weighted by Crippen LogP contribution is 2.31. The van der Waals surface area contributed by atoms with E-state index in [1.165, 1.54) is 0 Å². The van der Waals surface area contributed by atoms with Gasteiger partial charge in [0.2, 0.25) is 0 Å². The number of aromatic nitrogens is 2. The molecule has 1 aliphatic heterocycles. The van der Waals surface area contributed by atoms with Crippen LogP contribution in [0.5, 0.6) is 17.2 Å². The van der Waals surface area contributed by atoms with Crippen molar-refractivity contribution in [3.8, 4) is 17.2 Å². The van der Waals surface area contributed by atoms with E-state index in [-0.39, 0.29) is 6.61 Å². The van der Waals surface area contributed by atoms with Crippen LogP contribution in [-0.2, 0) is 19.5 Å². The van der Waals surface area contributed by atoms with Crippen molar-refractivity contribution >= 4 is 11.6 Å². The summed E-state index contributed by atoms with van der Waals surface area (Å²) in [5.41, 5.74) is 1.24. The number of halogens is 1. The molecule has 0 aliphatic carbocycles. The van der Waals surface area contributed by atoms with Gasteiger partial charge in [-0.05, 0) is 61.7 Å². The lowest BCUT2D eigenvalue weighted by molar-refractivity contribution is -0.0621. The molecule has 0 bridgehead atoms. The number of benzene rings is 2. The van der Waals surface area contributed by atoms with Crippen molar-refractivity contribution in [2.75, 3.05) is 33.4 Å². The van der Waals surface area contributed by atoms with Gasteiger partial charge in [0.15, 0.2) is 11.5 Å². The molecule has 8 heteroatoms. The average Bonchev–Trinajstić information content (AvgIpc) is 3.32. The molecule has 0 spiro atoms. The topological polar surface area (TPSA) is 69.0 Å². The molecule has 0 amide bonds. The summed E-state index contributed by atoms with van der Waals surface area (Å²) < 4.78 is 19.7. The molecule has 1 aromatic heterocycles. The van der Waals surface area contributed by atoms with Crippen molar-refractivity contribution in [1.82, 2.24) is 14.5 Å². The predicted octanol–water partition coefficient (Wildman–Crippen LogP) is 4.90. The molecule has 1 fully saturated rings. The molecule has 0 unspecified atom stereocenters. The molecule has 0 radical (unpaired) electrons. The summed E-state index contributed by atoms with van der Waals surface area (Å²) >= 11 is 6.27. The van der Waals surface area contributed by atoms with Gasteiger partial charge in [0.1, 0.15) is 30.4 Å². The van der Waals surface area contributed by atoms with Gasteiger partial charge in [-0.2, -0.15) is 0 Å². The monoisotopic (exact) mass is 513 g/mol. The molecule has 3 aromatic rings. The van der Waals surface area contributed by atoms with Crippen molar-refractivity contribution in [3.05, 3.63) is 70.8 Å². The Morgan fingerprint density at radius 2 is 1.97 bits per heavy atom. The molecular formula is C28H36ClN3O4. The zero-order valence-corrected chi connectivity index (χ0v) is 22.1. The largest absolute Gasteiger partial charge is 0.493 e. The Balaban J connectivity index is 1.36. The maximum absolute atomic E-state index is 11.3. The standard InChI is InChI=1S/C28H36ClN3O4/c1-4-27-30-11-13-32(27)14-15-35-26-17-22(7-9-24(26)34-3)18-31-12-5-10-28(33,19-31)20-36-25-16-21(2)6-8-23(25)29/h6-9,11,13,16-17,33H,4-5,10,12,14-15,18-20H2,1-3H3/t28-/m0/s1. The van der Waals surface area contributed by atoms with Gasteiger partial charge in [0.05, 0.1) is 18.7 Å². The number of aliphatic hydroxyl groups is 1. The Bertz CT molecular complexity index is 1150. The fourth-order valence-corrected chi connectivity index (χ4v) is 4.87. The Hall–Kier alpha value is -2.74. The third-order valence-electron chi connectivity index (χ3n) is 6.56. The molecule has 7 nitrogen and oxygen atoms in total. The van der Waals surface area contributed by atoms with Crippen LogP contribution in [0.2, 0.25) is 5.02 Å². The third-order valence-corrected chi connectivity index (χ3v) is 6.87. The first kappa shape index (κ1) is 26.3. The number of imidazole rings is 1. The van der Waals surface area contributed by atoms with E-state index in [1.807, 2.05) is 55.7 Å². The minimum absolute atomic E-state index is 0.206. The first-order valence-corrected chi connectivity index (χ1v) is 12.9. The molecule has 4 rings (SSSR count). The summed E-state index contributed by atoms with van der Waals surface area (Å²) in [5.74, 6) is 3.09. The molecule has 2 aromatic carbocycles. The van der Waals surface area contributed by atoms with E-state index >= 15 is 0 Å². The van der Waals surface area contributed by atoms with E-state index in [0.29, 0.717) is 42.6 Å². The summed E-state index contributed by atoms with van der Waals surface area (Å²) in [7, 11) is 1.65. The van der Waals surface area contributed by atoms with Crippen LogP contribution in [-0.4, -0.2) is 58.6 Å². The molecule has 0 saturated carbocycles. The maximum atomic E-state index is 11.3. The lowest BCUT2D eigenvalue weighted by atomic mass is 9.93. The van der Waals surface area contributed by atoms with E-state index in [2.05, 4.69) is 21.4 Å². The number of nitrogens with zero attached hydrogens (tertiary/aromatic N) is 3. The maximum Gasteiger partial charge on any atom is 0.161 e. The molecule has 1 atom stereocenters. The van der Waals surface area contributed by atoms with Gasteiger partial charge in [-0.1, -0.05) is 30.7 Å². The number of β-amino-alcohol motifs (C(OH)–C–C–N with tert-alkyl or cyclic N) is 1. The van der Waals surface area contributed by atoms with Crippen LogP contribution in [0.3, 0.4) is 0 Å². The fraction of sp³-hybridized carbons (Fsp3) is 0.464. The van der Waals surface area contributed by atoms with Crippen molar-refractivity contribution in [2.24, 2.45) is 0 Å². The van der Waals surface area contributed by atoms with Crippen LogP contribution in [0.4, 0.5) is 0 Å². The Kier molecular flexibility index (Phi) is 8.77. The average molecular weight is 514 g/mol. The van der Waals surface area contributed by atoms with Gasteiger partial charge in [-0.3, -0.25) is 4.90 Å². The Labute approximate surface area is 218 Å². The summed E-state index contributed by atoms with van der Waals surface area (Å²) in [5, 5.41) is 11.8. The van der Waals surface area contributed by atoms with Gasteiger partial charge < -0.3 is 23.9 Å². The van der Waals surface area contributed by atoms with Gasteiger partial charge in [0, 0.05) is 31.9 Å². The molecule has 194 valence electrons. The van der Waals surface area contributed by atoms with Crippen LogP contribution in [0, 0.1) is 6.92 Å². The van der Waals surface area contributed by atoms with Gasteiger partial charge in [0.25, 0.3) is 0 Å². The first-order chi connectivity index (χ1) is 17.4. The summed E-state index contributed by atoms with van der Waals surface area (Å²) in [4.78, 5) is 6.62. The van der Waals surface area contributed by atoms with Crippen LogP contribution in [0.15, 0.2) is 48.8 Å². The number of hydrogen-bond acceptors (Lipinski definition) is 6. The molecule has 1 aliphatic rings. The smallest absolute Gasteiger partial charge is 0.161 e. The number of ether oxygens (including phenoxy) is 3. The fourth-order valence-electron chi connectivity index (χ4n) is 4.69. The van der Waals surface area contributed by atoms with Crippen LogP contribution >= 0.6 is 11.6 Å². The van der Waals surface area contributed by atoms with Gasteiger partial charge >= 0.3 is 0 Å². The lowest BCUT2D eigenvalue weighted by Crippen LogP contribution is -2.51. The van der Waals surface area contributed by atoms with Crippen LogP contribution in [0.25, 0.3) is 0 Å². The molecule has 36 heavy (non-hydrogen) atoms. The minimum atomic E-state index is -0.932. The SMILES string of the molecule is CCc1nccn1CCOc1cc(CN2CCC[C@@](O)(COc3cc(C)ccc3Cl)C2)ccc1OC. The number of aryl methyl sites for hydroxylation is 2. The van der Waals surface area contributed by atoms with Crippen molar-refractivity contribution in [2.45, 2.75) is 51.8 Å². The van der Waals surface area contributed by atoms with Crippen molar-refractivity contribution in [1.29, 1.82) is 0 Å². The van der Waals surface area contributed by atoms with Gasteiger partial charge in [-0.15, -0.1) is 0 Å². The molecular weight excluding hydrogens is 478 g/mol. The van der Waals surface area contributed by atoms with Crippen LogP contribution < -0.4 is 14.2 Å². The third kappa shape index (κ3) is 6.72. The molecule has 2 heterocycles. The van der Waals surface area contributed by atoms with E-state index in [1.54, 1.807) is 7.11 Å². The Morgan fingerprint density at radius 3 is 2.78 bits per heavy atom. The normalized spacial score (nSPS) is 18.2. The van der Waals surface area contributed by atoms with E-state index < -0.39 is 5.60 Å². The number of piperidine rings is 1. The first-order valence-electron chi connectivity index (χ1n) is 12.5. The zero-order chi connectivity index (χ0) is 25.5. The highest BCUT2D eigenvalue weighted by atomic mass is 35.5. The number of methoxy groups -OCH3 is 1. The summed E-state index contributed by atoms with van der Waals surface area (Å²) in [6, 6.07) is 11.7. The number of rotatable bonds is 11. The number of hydrogen-bond donors (Lipinski definition) is 1. The van der Waals surface area contributed by atoms with Crippen molar-refractivity contribution < 1.29 is 19.3 Å². The second kappa shape index (κ2) is 12.0. The molecule has 1 saturated heterocycles. The second-order valence-corrected chi connectivity index (χ2v) is 9.89. The minimum Gasteiger partial charge on any atom is -0.493 e. The van der Waals surface area contributed by atoms with E-state index in [9.17, 15) is 5.11 Å². The van der Waals surface area contributed by atoms with Gasteiger partial charge in [-0.25, -0.2) is 4.98 Å².